The number of nitrogens with zero attached hydrogens (tertiary/aromatic N) is 1. The quantitative estimate of drug-likeness (QED) is 0.892. The summed E-state index contributed by atoms with van der Waals surface area (Å²) in [6, 6.07) is 6.77. The monoisotopic (exact) mass is 288 g/mol. The molecule has 0 aliphatic heterocycles. The van der Waals surface area contributed by atoms with Crippen LogP contribution in [0.25, 0.3) is 10.9 Å². The SMILES string of the molecule is CC1CCC(N(C)C(=O)c2cc3c(F)cccc3[nH]2)CC1. The van der Waals surface area contributed by atoms with E-state index in [2.05, 4.69) is 11.9 Å². The standard InChI is InChI=1S/C17H21FN2O/c1-11-6-8-12(9-7-11)20(2)17(21)16-10-13-14(18)4-3-5-15(13)19-16/h3-5,10-12,19H,6-9H2,1-2H3. The average Bonchev–Trinajstić information content (AvgIpc) is 2.92. The van der Waals surface area contributed by atoms with Crippen LogP contribution in [-0.4, -0.2) is 28.9 Å². The van der Waals surface area contributed by atoms with Crippen molar-refractivity contribution in [1.82, 2.24) is 9.88 Å². The molecule has 1 aromatic heterocycles. The number of aromatic amines is 1. The fourth-order valence-electron chi connectivity index (χ4n) is 3.22. The molecule has 0 saturated heterocycles. The minimum Gasteiger partial charge on any atom is -0.350 e. The molecule has 1 fully saturated rings. The number of halogens is 1. The number of rotatable bonds is 2. The van der Waals surface area contributed by atoms with Crippen molar-refractivity contribution in [3.63, 3.8) is 0 Å². The zero-order chi connectivity index (χ0) is 15.0. The highest BCUT2D eigenvalue weighted by Gasteiger charge is 2.26. The Labute approximate surface area is 124 Å². The van der Waals surface area contributed by atoms with Gasteiger partial charge in [-0.2, -0.15) is 0 Å². The fourth-order valence-corrected chi connectivity index (χ4v) is 3.22. The lowest BCUT2D eigenvalue weighted by atomic mass is 9.86. The molecular formula is C17H21FN2O. The fraction of sp³-hybridized carbons (Fsp3) is 0.471. The van der Waals surface area contributed by atoms with Crippen molar-refractivity contribution in [2.24, 2.45) is 5.92 Å². The van der Waals surface area contributed by atoms with Gasteiger partial charge in [-0.15, -0.1) is 0 Å². The predicted molar refractivity (Wildman–Crippen MR) is 81.8 cm³/mol. The molecule has 0 spiro atoms. The van der Waals surface area contributed by atoms with E-state index in [0.29, 0.717) is 22.6 Å². The minimum atomic E-state index is -0.294. The minimum absolute atomic E-state index is 0.0508. The van der Waals surface area contributed by atoms with Crippen molar-refractivity contribution in [2.75, 3.05) is 7.05 Å². The summed E-state index contributed by atoms with van der Waals surface area (Å²) >= 11 is 0. The maximum atomic E-state index is 13.7. The van der Waals surface area contributed by atoms with E-state index in [1.165, 1.54) is 18.9 Å². The highest BCUT2D eigenvalue weighted by Crippen LogP contribution is 2.27. The van der Waals surface area contributed by atoms with E-state index >= 15 is 0 Å². The molecule has 1 aliphatic rings. The second-order valence-electron chi connectivity index (χ2n) is 6.21. The van der Waals surface area contributed by atoms with Crippen molar-refractivity contribution in [1.29, 1.82) is 0 Å². The Balaban J connectivity index is 1.81. The number of carbonyl (C=O) groups is 1. The zero-order valence-corrected chi connectivity index (χ0v) is 12.5. The molecule has 3 nitrogen and oxygen atoms in total. The maximum absolute atomic E-state index is 13.7. The van der Waals surface area contributed by atoms with E-state index in [0.717, 1.165) is 18.8 Å². The lowest BCUT2D eigenvalue weighted by molar-refractivity contribution is 0.0674. The molecule has 1 saturated carbocycles. The van der Waals surface area contributed by atoms with Gasteiger partial charge in [-0.1, -0.05) is 13.0 Å². The second kappa shape index (κ2) is 5.51. The summed E-state index contributed by atoms with van der Waals surface area (Å²) in [5, 5.41) is 0.478. The van der Waals surface area contributed by atoms with Gasteiger partial charge in [0.2, 0.25) is 0 Å². The summed E-state index contributed by atoms with van der Waals surface area (Å²) in [5.41, 5.74) is 1.14. The van der Waals surface area contributed by atoms with Gasteiger partial charge >= 0.3 is 0 Å². The Bertz CT molecular complexity index is 656. The number of fused-ring (bicyclic) bond motifs is 1. The Morgan fingerprint density at radius 3 is 2.67 bits per heavy atom. The molecule has 2 aromatic rings. The van der Waals surface area contributed by atoms with Crippen LogP contribution in [-0.2, 0) is 0 Å². The number of amides is 1. The van der Waals surface area contributed by atoms with E-state index in [4.69, 9.17) is 0 Å². The topological polar surface area (TPSA) is 36.1 Å². The van der Waals surface area contributed by atoms with E-state index in [-0.39, 0.29) is 11.7 Å². The second-order valence-corrected chi connectivity index (χ2v) is 6.21. The normalized spacial score (nSPS) is 22.4. The molecular weight excluding hydrogens is 267 g/mol. The summed E-state index contributed by atoms with van der Waals surface area (Å²) in [6.07, 6.45) is 4.45. The van der Waals surface area contributed by atoms with E-state index in [1.54, 1.807) is 18.2 Å². The maximum Gasteiger partial charge on any atom is 0.270 e. The lowest BCUT2D eigenvalue weighted by Gasteiger charge is -2.33. The first kappa shape index (κ1) is 14.1. The van der Waals surface area contributed by atoms with E-state index in [1.807, 2.05) is 11.9 Å². The van der Waals surface area contributed by atoms with Gasteiger partial charge in [-0.25, -0.2) is 4.39 Å². The van der Waals surface area contributed by atoms with Crippen molar-refractivity contribution in [3.05, 3.63) is 35.8 Å². The highest BCUT2D eigenvalue weighted by atomic mass is 19.1. The zero-order valence-electron chi connectivity index (χ0n) is 12.5. The summed E-state index contributed by atoms with van der Waals surface area (Å²) in [6.45, 7) is 2.26. The molecule has 3 rings (SSSR count). The molecule has 1 heterocycles. The number of hydrogen-bond acceptors (Lipinski definition) is 1. The molecule has 0 bridgehead atoms. The number of nitrogens with one attached hydrogen (secondary N) is 1. The molecule has 0 radical (unpaired) electrons. The first-order chi connectivity index (χ1) is 10.1. The Kier molecular flexibility index (Phi) is 3.70. The third-order valence-electron chi connectivity index (χ3n) is 4.69. The highest BCUT2D eigenvalue weighted by molar-refractivity contribution is 5.98. The summed E-state index contributed by atoms with van der Waals surface area (Å²) in [4.78, 5) is 17.4. The van der Waals surface area contributed by atoms with Crippen LogP contribution in [0.5, 0.6) is 0 Å². The van der Waals surface area contributed by atoms with Crippen LogP contribution in [0.4, 0.5) is 4.39 Å². The third-order valence-corrected chi connectivity index (χ3v) is 4.69. The molecule has 0 atom stereocenters. The first-order valence-electron chi connectivity index (χ1n) is 7.60. The summed E-state index contributed by atoms with van der Waals surface area (Å²) in [5.74, 6) is 0.411. The number of aromatic nitrogens is 1. The van der Waals surface area contributed by atoms with Gasteiger partial charge in [-0.05, 0) is 49.8 Å². The largest absolute Gasteiger partial charge is 0.350 e. The average molecular weight is 288 g/mol. The van der Waals surface area contributed by atoms with E-state index in [9.17, 15) is 9.18 Å². The first-order valence-corrected chi connectivity index (χ1v) is 7.60. The van der Waals surface area contributed by atoms with Crippen LogP contribution in [0, 0.1) is 11.7 Å². The van der Waals surface area contributed by atoms with Gasteiger partial charge in [0.15, 0.2) is 0 Å². The van der Waals surface area contributed by atoms with Gasteiger partial charge in [0.25, 0.3) is 5.91 Å². The van der Waals surface area contributed by atoms with Gasteiger partial charge < -0.3 is 9.88 Å². The molecule has 4 heteroatoms. The number of hydrogen-bond donors (Lipinski definition) is 1. The predicted octanol–water partition coefficient (Wildman–Crippen LogP) is 3.96. The van der Waals surface area contributed by atoms with Gasteiger partial charge in [0, 0.05) is 24.0 Å². The molecule has 1 aromatic carbocycles. The van der Waals surface area contributed by atoms with Crippen molar-refractivity contribution in [2.45, 2.75) is 38.6 Å². The Morgan fingerprint density at radius 1 is 1.29 bits per heavy atom. The van der Waals surface area contributed by atoms with Crippen LogP contribution in [0.3, 0.4) is 0 Å². The van der Waals surface area contributed by atoms with Crippen LogP contribution < -0.4 is 0 Å². The van der Waals surface area contributed by atoms with Gasteiger partial charge in [-0.3, -0.25) is 4.79 Å². The van der Waals surface area contributed by atoms with Gasteiger partial charge in [0.1, 0.15) is 11.5 Å². The summed E-state index contributed by atoms with van der Waals surface area (Å²) < 4.78 is 13.7. The van der Waals surface area contributed by atoms with Gasteiger partial charge in [0.05, 0.1) is 0 Å². The molecule has 1 aliphatic carbocycles. The van der Waals surface area contributed by atoms with Crippen molar-refractivity contribution in [3.8, 4) is 0 Å². The number of benzene rings is 1. The van der Waals surface area contributed by atoms with Crippen molar-refractivity contribution < 1.29 is 9.18 Å². The number of carbonyl (C=O) groups excluding carboxylic acids is 1. The summed E-state index contributed by atoms with van der Waals surface area (Å²) in [7, 11) is 1.85. The third kappa shape index (κ3) is 2.67. The van der Waals surface area contributed by atoms with E-state index < -0.39 is 0 Å². The molecule has 1 amide bonds. The van der Waals surface area contributed by atoms with Crippen LogP contribution in [0.1, 0.15) is 43.1 Å². The molecule has 0 unspecified atom stereocenters. The molecule has 1 N–H and O–H groups in total. The van der Waals surface area contributed by atoms with Crippen molar-refractivity contribution >= 4 is 16.8 Å². The number of H-pyrrole nitrogens is 1. The Morgan fingerprint density at radius 2 is 2.00 bits per heavy atom. The van der Waals surface area contributed by atoms with Crippen LogP contribution in [0.15, 0.2) is 24.3 Å². The van der Waals surface area contributed by atoms with Crippen LogP contribution >= 0.6 is 0 Å². The Hall–Kier alpha value is -1.84. The van der Waals surface area contributed by atoms with Crippen LogP contribution in [0.2, 0.25) is 0 Å². The smallest absolute Gasteiger partial charge is 0.270 e. The lowest BCUT2D eigenvalue weighted by Crippen LogP contribution is -2.39. The molecule has 21 heavy (non-hydrogen) atoms. The molecule has 112 valence electrons.